The van der Waals surface area contributed by atoms with Crippen LogP contribution >= 0.6 is 12.4 Å². The first-order valence-corrected chi connectivity index (χ1v) is 8.89. The lowest BCUT2D eigenvalue weighted by atomic mass is 10.1. The monoisotopic (exact) mass is 397 g/mol. The molecule has 0 saturated heterocycles. The molecule has 4 aromatic rings. The molecule has 0 atom stereocenters. The van der Waals surface area contributed by atoms with Gasteiger partial charge in [0.05, 0.1) is 5.52 Å². The Kier molecular flexibility index (Phi) is 6.63. The van der Waals surface area contributed by atoms with Crippen LogP contribution in [0, 0.1) is 5.82 Å². The van der Waals surface area contributed by atoms with Gasteiger partial charge in [-0.05, 0) is 41.5 Å². The van der Waals surface area contributed by atoms with Gasteiger partial charge in [-0.2, -0.15) is 0 Å². The van der Waals surface area contributed by atoms with E-state index < -0.39 is 0 Å². The average molecular weight is 398 g/mol. The highest BCUT2D eigenvalue weighted by Crippen LogP contribution is 2.23. The maximum Gasteiger partial charge on any atom is 0.143 e. The minimum Gasteiger partial charge on any atom is -0.490 e. The fourth-order valence-electron chi connectivity index (χ4n) is 3.05. The van der Waals surface area contributed by atoms with E-state index in [0.29, 0.717) is 19.7 Å². The molecule has 0 fully saturated rings. The van der Waals surface area contributed by atoms with Crippen molar-refractivity contribution in [2.75, 3.05) is 13.2 Å². The van der Waals surface area contributed by atoms with Crippen molar-refractivity contribution in [2.24, 2.45) is 0 Å². The quantitative estimate of drug-likeness (QED) is 0.433. The molecule has 0 spiro atoms. The van der Waals surface area contributed by atoms with E-state index in [1.807, 2.05) is 42.7 Å². The van der Waals surface area contributed by atoms with Gasteiger partial charge in [0.25, 0.3) is 0 Å². The third-order valence-electron chi connectivity index (χ3n) is 4.37. The van der Waals surface area contributed by atoms with Gasteiger partial charge in [0.15, 0.2) is 0 Å². The molecule has 28 heavy (non-hydrogen) atoms. The van der Waals surface area contributed by atoms with Crippen LogP contribution in [0.5, 0.6) is 5.75 Å². The Morgan fingerprint density at radius 2 is 1.89 bits per heavy atom. The summed E-state index contributed by atoms with van der Waals surface area (Å²) in [6, 6.07) is 16.6. The molecule has 0 aliphatic heterocycles. The van der Waals surface area contributed by atoms with Crippen LogP contribution in [0.4, 0.5) is 4.39 Å². The normalized spacial score (nSPS) is 10.6. The van der Waals surface area contributed by atoms with Gasteiger partial charge in [-0.25, -0.2) is 4.39 Å². The molecule has 0 radical (unpaired) electrons. The third-order valence-corrected chi connectivity index (χ3v) is 4.37. The van der Waals surface area contributed by atoms with Gasteiger partial charge in [-0.1, -0.05) is 24.3 Å². The summed E-state index contributed by atoms with van der Waals surface area (Å²) in [7, 11) is 0. The first kappa shape index (κ1) is 19.9. The Labute approximate surface area is 169 Å². The molecular weight excluding hydrogens is 377 g/mol. The van der Waals surface area contributed by atoms with Crippen LogP contribution in [0.2, 0.25) is 0 Å². The maximum atomic E-state index is 13.4. The summed E-state index contributed by atoms with van der Waals surface area (Å²) in [6.45, 7) is 1.95. The minimum atomic E-state index is -0.245. The topological polar surface area (TPSA) is 49.9 Å². The minimum absolute atomic E-state index is 0. The van der Waals surface area contributed by atoms with Crippen molar-refractivity contribution in [3.8, 4) is 16.9 Å². The Morgan fingerprint density at radius 3 is 2.79 bits per heavy atom. The molecule has 0 amide bonds. The molecule has 2 aromatic heterocycles. The van der Waals surface area contributed by atoms with E-state index in [1.165, 1.54) is 12.1 Å². The molecule has 0 aliphatic carbocycles. The van der Waals surface area contributed by atoms with E-state index in [0.717, 1.165) is 33.3 Å². The number of hydrogen-bond acceptors (Lipinski definition) is 3. The number of H-pyrrole nitrogens is 1. The van der Waals surface area contributed by atoms with Crippen LogP contribution in [-0.4, -0.2) is 23.1 Å². The summed E-state index contributed by atoms with van der Waals surface area (Å²) in [5.41, 5.74) is 3.79. The molecule has 4 nitrogen and oxygen atoms in total. The van der Waals surface area contributed by atoms with E-state index in [2.05, 4.69) is 21.4 Å². The van der Waals surface area contributed by atoms with E-state index >= 15 is 0 Å². The Bertz CT molecular complexity index is 1050. The number of aromatic nitrogens is 2. The smallest absolute Gasteiger partial charge is 0.143 e. The summed E-state index contributed by atoms with van der Waals surface area (Å²) in [5, 5.41) is 4.49. The van der Waals surface area contributed by atoms with Crippen LogP contribution in [0.1, 0.15) is 5.56 Å². The van der Waals surface area contributed by atoms with Gasteiger partial charge in [-0.3, -0.25) is 4.98 Å². The predicted octanol–water partition coefficient (Wildman–Crippen LogP) is 4.96. The van der Waals surface area contributed by atoms with Gasteiger partial charge in [0.1, 0.15) is 18.2 Å². The number of halogens is 2. The van der Waals surface area contributed by atoms with E-state index in [-0.39, 0.29) is 18.2 Å². The number of pyridine rings is 1. The molecule has 2 N–H and O–H groups in total. The largest absolute Gasteiger partial charge is 0.490 e. The van der Waals surface area contributed by atoms with Gasteiger partial charge < -0.3 is 15.0 Å². The number of benzene rings is 2. The molecule has 0 unspecified atom stereocenters. The number of aromatic amines is 1. The van der Waals surface area contributed by atoms with E-state index in [9.17, 15) is 4.39 Å². The maximum absolute atomic E-state index is 13.4. The summed E-state index contributed by atoms with van der Waals surface area (Å²) in [5.74, 6) is 0.610. The summed E-state index contributed by atoms with van der Waals surface area (Å²) in [6.07, 6.45) is 5.48. The van der Waals surface area contributed by atoms with Crippen LogP contribution in [0.3, 0.4) is 0 Å². The van der Waals surface area contributed by atoms with Crippen molar-refractivity contribution in [1.29, 1.82) is 0 Å². The molecule has 0 aliphatic rings. The third kappa shape index (κ3) is 4.68. The molecule has 6 heteroatoms. The molecule has 2 aromatic carbocycles. The standard InChI is InChI=1S/C22H20FN3O.ClH/c23-20-5-1-4-18(12-20)19-11-16(14-25-15-19)13-24-9-10-27-21-6-2-3-17-7-8-26-22(17)21;/h1-8,11-12,14-15,24,26H,9-10,13H2;1H. The number of hydrogen-bond donors (Lipinski definition) is 2. The molecule has 0 saturated carbocycles. The lowest BCUT2D eigenvalue weighted by molar-refractivity contribution is 0.316. The van der Waals surface area contributed by atoms with Crippen LogP contribution in [-0.2, 0) is 6.54 Å². The number of nitrogens with one attached hydrogen (secondary N) is 2. The van der Waals surface area contributed by atoms with Gasteiger partial charge in [0, 0.05) is 42.6 Å². The van der Waals surface area contributed by atoms with Crippen molar-refractivity contribution in [2.45, 2.75) is 6.54 Å². The second-order valence-corrected chi connectivity index (χ2v) is 6.32. The fourth-order valence-corrected chi connectivity index (χ4v) is 3.05. The van der Waals surface area contributed by atoms with Crippen LogP contribution < -0.4 is 10.1 Å². The summed E-state index contributed by atoms with van der Waals surface area (Å²) >= 11 is 0. The predicted molar refractivity (Wildman–Crippen MR) is 112 cm³/mol. The van der Waals surface area contributed by atoms with Gasteiger partial charge in [0.2, 0.25) is 0 Å². The Morgan fingerprint density at radius 1 is 1.00 bits per heavy atom. The number of para-hydroxylation sites is 1. The highest BCUT2D eigenvalue weighted by Gasteiger charge is 2.04. The number of nitrogens with zero attached hydrogens (tertiary/aromatic N) is 1. The average Bonchev–Trinajstić information content (AvgIpc) is 3.18. The zero-order chi connectivity index (χ0) is 18.5. The molecule has 0 bridgehead atoms. The summed E-state index contributed by atoms with van der Waals surface area (Å²) < 4.78 is 19.3. The first-order chi connectivity index (χ1) is 13.3. The number of fused-ring (bicyclic) bond motifs is 1. The molecule has 2 heterocycles. The van der Waals surface area contributed by atoms with Crippen LogP contribution in [0.15, 0.2) is 73.2 Å². The zero-order valence-corrected chi connectivity index (χ0v) is 16.0. The summed E-state index contributed by atoms with van der Waals surface area (Å²) in [4.78, 5) is 7.47. The molecule has 4 rings (SSSR count). The number of rotatable bonds is 7. The fraction of sp³-hybridized carbons (Fsp3) is 0.136. The Balaban J connectivity index is 0.00000225. The van der Waals surface area contributed by atoms with Gasteiger partial charge >= 0.3 is 0 Å². The van der Waals surface area contributed by atoms with Crippen LogP contribution in [0.25, 0.3) is 22.0 Å². The highest BCUT2D eigenvalue weighted by molar-refractivity contribution is 5.85. The van der Waals surface area contributed by atoms with Crippen molar-refractivity contribution < 1.29 is 9.13 Å². The van der Waals surface area contributed by atoms with E-state index in [4.69, 9.17) is 4.74 Å². The van der Waals surface area contributed by atoms with Crippen molar-refractivity contribution in [3.63, 3.8) is 0 Å². The Hall–Kier alpha value is -2.89. The lowest BCUT2D eigenvalue weighted by Crippen LogP contribution is -2.20. The van der Waals surface area contributed by atoms with Crippen molar-refractivity contribution >= 4 is 23.3 Å². The first-order valence-electron chi connectivity index (χ1n) is 8.89. The molecule has 144 valence electrons. The second kappa shape index (κ2) is 9.35. The lowest BCUT2D eigenvalue weighted by Gasteiger charge is -2.09. The molecular formula is C22H21ClFN3O. The zero-order valence-electron chi connectivity index (χ0n) is 15.2. The van der Waals surface area contributed by atoms with E-state index in [1.54, 1.807) is 12.3 Å². The second-order valence-electron chi connectivity index (χ2n) is 6.32. The SMILES string of the molecule is Cl.Fc1cccc(-c2cncc(CNCCOc3cccc4cc[nH]c34)c2)c1. The number of ether oxygens (including phenoxy) is 1. The van der Waals surface area contributed by atoms with Gasteiger partial charge in [-0.15, -0.1) is 12.4 Å². The highest BCUT2D eigenvalue weighted by atomic mass is 35.5. The van der Waals surface area contributed by atoms with Crippen molar-refractivity contribution in [3.05, 3.63) is 84.6 Å². The van der Waals surface area contributed by atoms with Crippen molar-refractivity contribution in [1.82, 2.24) is 15.3 Å².